The Bertz CT molecular complexity index is 1450. The van der Waals surface area contributed by atoms with E-state index in [0.717, 1.165) is 29.3 Å². The van der Waals surface area contributed by atoms with Crippen molar-refractivity contribution in [2.45, 2.75) is 26.2 Å². The van der Waals surface area contributed by atoms with Crippen LogP contribution in [0.4, 0.5) is 0 Å². The Morgan fingerprint density at radius 3 is 2.58 bits per heavy atom. The quantitative estimate of drug-likeness (QED) is 0.0977. The zero-order valence-corrected chi connectivity index (χ0v) is 22.6. The molecule has 3 aromatic carbocycles. The number of nitrogens with one attached hydrogen (secondary N) is 1. The SMILES string of the molecule is CCCCc1ccc(OCC(=O)N/N=C\c2ccc(OC(=O)c3sc4ccccc4c3Cl)c(OC)c2)cc1. The van der Waals surface area contributed by atoms with E-state index in [2.05, 4.69) is 17.5 Å². The molecular weight excluding hydrogens is 524 g/mol. The van der Waals surface area contributed by atoms with Gasteiger partial charge in [-0.3, -0.25) is 4.79 Å². The predicted molar refractivity (Wildman–Crippen MR) is 151 cm³/mol. The van der Waals surface area contributed by atoms with Gasteiger partial charge in [-0.2, -0.15) is 5.10 Å². The number of hydrogen-bond acceptors (Lipinski definition) is 7. The van der Waals surface area contributed by atoms with Crippen LogP contribution in [0.15, 0.2) is 71.8 Å². The first kappa shape index (κ1) is 27.2. The highest BCUT2D eigenvalue weighted by molar-refractivity contribution is 7.21. The van der Waals surface area contributed by atoms with Gasteiger partial charge in [-0.15, -0.1) is 11.3 Å². The molecule has 4 rings (SSSR count). The molecule has 7 nitrogen and oxygen atoms in total. The van der Waals surface area contributed by atoms with Crippen molar-refractivity contribution < 1.29 is 23.8 Å². The van der Waals surface area contributed by atoms with Crippen molar-refractivity contribution in [3.05, 3.63) is 87.8 Å². The fourth-order valence-electron chi connectivity index (χ4n) is 3.63. The highest BCUT2D eigenvalue weighted by atomic mass is 35.5. The monoisotopic (exact) mass is 550 g/mol. The molecule has 0 bridgehead atoms. The summed E-state index contributed by atoms with van der Waals surface area (Å²) in [7, 11) is 1.47. The summed E-state index contributed by atoms with van der Waals surface area (Å²) in [6, 6.07) is 20.1. The number of nitrogens with zero attached hydrogens (tertiary/aromatic N) is 1. The number of benzene rings is 3. The van der Waals surface area contributed by atoms with Gasteiger partial charge < -0.3 is 14.2 Å². The van der Waals surface area contributed by atoms with Crippen molar-refractivity contribution in [1.29, 1.82) is 0 Å². The fourth-order valence-corrected chi connectivity index (χ4v) is 5.02. The lowest BCUT2D eigenvalue weighted by Gasteiger charge is -2.09. The summed E-state index contributed by atoms with van der Waals surface area (Å²) in [5, 5.41) is 5.13. The molecule has 1 aromatic heterocycles. The first-order valence-corrected chi connectivity index (χ1v) is 13.3. The van der Waals surface area contributed by atoms with E-state index in [-0.39, 0.29) is 12.4 Å². The zero-order chi connectivity index (χ0) is 26.9. The van der Waals surface area contributed by atoms with E-state index in [1.165, 1.54) is 30.2 Å². The van der Waals surface area contributed by atoms with Crippen LogP contribution in [0.3, 0.4) is 0 Å². The summed E-state index contributed by atoms with van der Waals surface area (Å²) in [5.41, 5.74) is 4.31. The summed E-state index contributed by atoms with van der Waals surface area (Å²) >= 11 is 7.67. The Hall–Kier alpha value is -3.88. The molecule has 4 aromatic rings. The molecule has 0 atom stereocenters. The molecule has 38 heavy (non-hydrogen) atoms. The van der Waals surface area contributed by atoms with Gasteiger partial charge in [-0.1, -0.05) is 55.3 Å². The van der Waals surface area contributed by atoms with Crippen LogP contribution in [0.5, 0.6) is 17.2 Å². The number of rotatable bonds is 11. The molecule has 1 heterocycles. The van der Waals surface area contributed by atoms with Crippen molar-refractivity contribution in [3.63, 3.8) is 0 Å². The third kappa shape index (κ3) is 6.90. The van der Waals surface area contributed by atoms with Crippen LogP contribution in [0.2, 0.25) is 5.02 Å². The highest BCUT2D eigenvalue weighted by Crippen LogP contribution is 2.37. The lowest BCUT2D eigenvalue weighted by atomic mass is 10.1. The number of hydrogen-bond donors (Lipinski definition) is 1. The lowest BCUT2D eigenvalue weighted by molar-refractivity contribution is -0.123. The van der Waals surface area contributed by atoms with Crippen LogP contribution in [0.1, 0.15) is 40.6 Å². The minimum Gasteiger partial charge on any atom is -0.493 e. The third-order valence-corrected chi connectivity index (χ3v) is 7.28. The van der Waals surface area contributed by atoms with Gasteiger partial charge in [0.1, 0.15) is 10.6 Å². The third-order valence-electron chi connectivity index (χ3n) is 5.63. The summed E-state index contributed by atoms with van der Waals surface area (Å²) in [6.07, 6.45) is 4.77. The van der Waals surface area contributed by atoms with E-state index in [1.54, 1.807) is 18.2 Å². The Morgan fingerprint density at radius 1 is 1.05 bits per heavy atom. The van der Waals surface area contributed by atoms with Crippen LogP contribution in [-0.2, 0) is 11.2 Å². The van der Waals surface area contributed by atoms with Gasteiger partial charge >= 0.3 is 5.97 Å². The molecule has 0 spiro atoms. The first-order chi connectivity index (χ1) is 18.5. The standard InChI is InChI=1S/C29H27ClN2O5S/c1-3-4-7-19-10-13-21(14-11-19)36-18-26(33)32-31-17-20-12-15-23(24(16-20)35-2)37-29(34)28-27(30)22-8-5-6-9-25(22)38-28/h5-6,8-17H,3-4,7,18H2,1-2H3,(H,32,33)/b31-17-. The van der Waals surface area contributed by atoms with Crippen molar-refractivity contribution in [2.24, 2.45) is 5.10 Å². The van der Waals surface area contributed by atoms with E-state index in [9.17, 15) is 9.59 Å². The topological polar surface area (TPSA) is 86.2 Å². The maximum Gasteiger partial charge on any atom is 0.355 e. The van der Waals surface area contributed by atoms with Gasteiger partial charge in [-0.05, 0) is 60.4 Å². The number of ether oxygens (including phenoxy) is 3. The summed E-state index contributed by atoms with van der Waals surface area (Å²) < 4.78 is 17.4. The summed E-state index contributed by atoms with van der Waals surface area (Å²) in [5.74, 6) is 0.224. The number of aryl methyl sites for hydroxylation is 1. The van der Waals surface area contributed by atoms with E-state index >= 15 is 0 Å². The number of esters is 1. The normalized spacial score (nSPS) is 11.0. The molecule has 0 unspecified atom stereocenters. The number of carbonyl (C=O) groups is 2. The molecule has 196 valence electrons. The van der Waals surface area contributed by atoms with E-state index in [0.29, 0.717) is 27.0 Å². The average Bonchev–Trinajstić information content (AvgIpc) is 3.28. The van der Waals surface area contributed by atoms with Crippen LogP contribution < -0.4 is 19.6 Å². The number of thiophene rings is 1. The maximum atomic E-state index is 12.8. The van der Waals surface area contributed by atoms with Crippen LogP contribution in [-0.4, -0.2) is 31.8 Å². The Morgan fingerprint density at radius 2 is 1.84 bits per heavy atom. The molecule has 0 saturated carbocycles. The smallest absolute Gasteiger partial charge is 0.355 e. The first-order valence-electron chi connectivity index (χ1n) is 12.1. The molecule has 1 amide bonds. The molecule has 0 radical (unpaired) electrons. The number of unbranched alkanes of at least 4 members (excludes halogenated alkanes) is 1. The largest absolute Gasteiger partial charge is 0.493 e. The van der Waals surface area contributed by atoms with Crippen LogP contribution in [0.25, 0.3) is 10.1 Å². The van der Waals surface area contributed by atoms with Gasteiger partial charge in [0.2, 0.25) is 0 Å². The second-order valence-electron chi connectivity index (χ2n) is 8.37. The predicted octanol–water partition coefficient (Wildman–Crippen LogP) is 6.65. The molecule has 0 fully saturated rings. The molecule has 0 aliphatic rings. The summed E-state index contributed by atoms with van der Waals surface area (Å²) in [6.45, 7) is 2.00. The van der Waals surface area contributed by atoms with E-state index in [4.69, 9.17) is 25.8 Å². The molecule has 0 aliphatic carbocycles. The minimum absolute atomic E-state index is 0.163. The second-order valence-corrected chi connectivity index (χ2v) is 9.80. The summed E-state index contributed by atoms with van der Waals surface area (Å²) in [4.78, 5) is 25.2. The van der Waals surface area contributed by atoms with E-state index < -0.39 is 11.9 Å². The number of carbonyl (C=O) groups excluding carboxylic acids is 2. The van der Waals surface area contributed by atoms with Crippen LogP contribution >= 0.6 is 22.9 Å². The minimum atomic E-state index is -0.571. The van der Waals surface area contributed by atoms with Gasteiger partial charge in [-0.25, -0.2) is 10.2 Å². The number of halogens is 1. The number of amides is 1. The van der Waals surface area contributed by atoms with Gasteiger partial charge in [0.05, 0.1) is 18.3 Å². The number of hydrazone groups is 1. The van der Waals surface area contributed by atoms with Crippen LogP contribution in [0, 0.1) is 0 Å². The van der Waals surface area contributed by atoms with Crippen molar-refractivity contribution in [1.82, 2.24) is 5.43 Å². The lowest BCUT2D eigenvalue weighted by Crippen LogP contribution is -2.24. The molecular formula is C29H27ClN2O5S. The van der Waals surface area contributed by atoms with Gasteiger partial charge in [0.15, 0.2) is 18.1 Å². The van der Waals surface area contributed by atoms with Crippen molar-refractivity contribution in [2.75, 3.05) is 13.7 Å². The number of methoxy groups -OCH3 is 1. The zero-order valence-electron chi connectivity index (χ0n) is 21.0. The van der Waals surface area contributed by atoms with Crippen molar-refractivity contribution in [3.8, 4) is 17.2 Å². The fraction of sp³-hybridized carbons (Fsp3) is 0.207. The second kappa shape index (κ2) is 13.1. The van der Waals surface area contributed by atoms with Gasteiger partial charge in [0, 0.05) is 10.1 Å². The van der Waals surface area contributed by atoms with E-state index in [1.807, 2.05) is 48.5 Å². The van der Waals surface area contributed by atoms with Gasteiger partial charge in [0.25, 0.3) is 5.91 Å². The Kier molecular flexibility index (Phi) is 9.35. The van der Waals surface area contributed by atoms with Crippen molar-refractivity contribution >= 4 is 51.1 Å². The Balaban J connectivity index is 1.31. The molecule has 9 heteroatoms. The maximum absolute atomic E-state index is 12.8. The molecule has 0 aliphatic heterocycles. The highest BCUT2D eigenvalue weighted by Gasteiger charge is 2.20. The average molecular weight is 551 g/mol. The molecule has 0 saturated heterocycles. The number of fused-ring (bicyclic) bond motifs is 1. The molecule has 1 N–H and O–H groups in total. The Labute approximate surface area is 230 Å².